The predicted octanol–water partition coefficient (Wildman–Crippen LogP) is 3.33. The Labute approximate surface area is 119 Å². The molecular weight excluding hydrogens is 264 g/mol. The van der Waals surface area contributed by atoms with E-state index in [2.05, 4.69) is 6.92 Å². The molecule has 0 saturated heterocycles. The molecule has 0 fully saturated rings. The maximum absolute atomic E-state index is 9.62. The summed E-state index contributed by atoms with van der Waals surface area (Å²) < 4.78 is 11.5. The van der Waals surface area contributed by atoms with Crippen LogP contribution in [0.1, 0.15) is 38.3 Å². The molecule has 0 aromatic heterocycles. The van der Waals surface area contributed by atoms with Gasteiger partial charge in [0.1, 0.15) is 0 Å². The lowest BCUT2D eigenvalue weighted by atomic mass is 9.81. The van der Waals surface area contributed by atoms with Gasteiger partial charge in [0.2, 0.25) is 0 Å². The number of rotatable bonds is 3. The smallest absolute Gasteiger partial charge is 0.164 e. The van der Waals surface area contributed by atoms with Crippen LogP contribution in [0.25, 0.3) is 0 Å². The molecule has 2 rings (SSSR count). The lowest BCUT2D eigenvalue weighted by Crippen LogP contribution is -2.25. The lowest BCUT2D eigenvalue weighted by Gasteiger charge is -2.28. The number of aliphatic hydroxyl groups excluding tert-OH is 1. The number of ether oxygens (including phenoxy) is 2. The number of hydrogen-bond acceptors (Lipinski definition) is 3. The molecule has 0 aliphatic carbocycles. The van der Waals surface area contributed by atoms with Crippen molar-refractivity contribution in [2.45, 2.75) is 39.0 Å². The van der Waals surface area contributed by atoms with E-state index in [-0.39, 0.29) is 6.61 Å². The fraction of sp³-hybridized carbons (Fsp3) is 0.600. The number of aliphatic hydroxyl groups is 1. The molecular formula is C15H21ClO3. The third-order valence-corrected chi connectivity index (χ3v) is 3.81. The van der Waals surface area contributed by atoms with Crippen molar-refractivity contribution < 1.29 is 14.6 Å². The van der Waals surface area contributed by atoms with Crippen molar-refractivity contribution >= 4 is 11.6 Å². The van der Waals surface area contributed by atoms with Gasteiger partial charge in [-0.25, -0.2) is 0 Å². The SMILES string of the molecule is CCc1c2c(cc(Cl)c1C(C)(C)CO)OCCCO2. The molecule has 1 heterocycles. The highest BCUT2D eigenvalue weighted by molar-refractivity contribution is 6.31. The van der Waals surface area contributed by atoms with Crippen LogP contribution in [0.15, 0.2) is 6.07 Å². The number of halogens is 1. The van der Waals surface area contributed by atoms with E-state index in [0.717, 1.165) is 35.5 Å². The first kappa shape index (κ1) is 14.5. The van der Waals surface area contributed by atoms with Crippen molar-refractivity contribution in [2.24, 2.45) is 0 Å². The first-order valence-electron chi connectivity index (χ1n) is 6.73. The zero-order valence-electron chi connectivity index (χ0n) is 11.8. The zero-order valence-corrected chi connectivity index (χ0v) is 12.5. The highest BCUT2D eigenvalue weighted by Crippen LogP contribution is 2.44. The quantitative estimate of drug-likeness (QED) is 0.925. The summed E-state index contributed by atoms with van der Waals surface area (Å²) in [6, 6.07) is 1.81. The Morgan fingerprint density at radius 1 is 1.32 bits per heavy atom. The Morgan fingerprint density at radius 3 is 2.63 bits per heavy atom. The maximum Gasteiger partial charge on any atom is 0.164 e. The van der Waals surface area contributed by atoms with Crippen LogP contribution in [0.5, 0.6) is 11.5 Å². The average molecular weight is 285 g/mol. The summed E-state index contributed by atoms with van der Waals surface area (Å²) in [5, 5.41) is 10.3. The van der Waals surface area contributed by atoms with Crippen molar-refractivity contribution in [3.8, 4) is 11.5 Å². The topological polar surface area (TPSA) is 38.7 Å². The maximum atomic E-state index is 9.62. The van der Waals surface area contributed by atoms with Crippen molar-refractivity contribution in [3.05, 3.63) is 22.2 Å². The summed E-state index contributed by atoms with van der Waals surface area (Å²) in [4.78, 5) is 0. The van der Waals surface area contributed by atoms with E-state index in [1.165, 1.54) is 0 Å². The van der Waals surface area contributed by atoms with Gasteiger partial charge in [-0.15, -0.1) is 0 Å². The fourth-order valence-corrected chi connectivity index (χ4v) is 2.96. The highest BCUT2D eigenvalue weighted by atomic mass is 35.5. The van der Waals surface area contributed by atoms with Crippen LogP contribution in [0.2, 0.25) is 5.02 Å². The van der Waals surface area contributed by atoms with Gasteiger partial charge in [-0.3, -0.25) is 0 Å². The van der Waals surface area contributed by atoms with Gasteiger partial charge >= 0.3 is 0 Å². The summed E-state index contributed by atoms with van der Waals surface area (Å²) >= 11 is 6.42. The number of fused-ring (bicyclic) bond motifs is 1. The Morgan fingerprint density at radius 2 is 2.00 bits per heavy atom. The molecule has 0 saturated carbocycles. The first-order valence-corrected chi connectivity index (χ1v) is 7.11. The second-order valence-corrected chi connectivity index (χ2v) is 5.89. The minimum atomic E-state index is -0.396. The normalized spacial score (nSPS) is 15.2. The molecule has 4 heteroatoms. The molecule has 1 aliphatic heterocycles. The second kappa shape index (κ2) is 5.59. The molecule has 106 valence electrons. The van der Waals surface area contributed by atoms with Gasteiger partial charge in [0.15, 0.2) is 11.5 Å². The summed E-state index contributed by atoms with van der Waals surface area (Å²) in [7, 11) is 0. The van der Waals surface area contributed by atoms with Gasteiger partial charge in [-0.2, -0.15) is 0 Å². The Balaban J connectivity index is 2.64. The van der Waals surface area contributed by atoms with Gasteiger partial charge in [0.25, 0.3) is 0 Å². The van der Waals surface area contributed by atoms with Crippen LogP contribution in [0.3, 0.4) is 0 Å². The minimum Gasteiger partial charge on any atom is -0.489 e. The molecule has 0 atom stereocenters. The molecule has 0 bridgehead atoms. The standard InChI is InChI=1S/C15H21ClO3/c1-4-10-13(15(2,3)9-17)11(16)8-12-14(10)19-7-5-6-18-12/h8,17H,4-7,9H2,1-3H3. The third-order valence-electron chi connectivity index (χ3n) is 3.51. The average Bonchev–Trinajstić information content (AvgIpc) is 2.61. The van der Waals surface area contributed by atoms with Crippen molar-refractivity contribution in [1.29, 1.82) is 0 Å². The van der Waals surface area contributed by atoms with E-state index in [1.54, 1.807) is 0 Å². The summed E-state index contributed by atoms with van der Waals surface area (Å²) in [6.45, 7) is 7.38. The van der Waals surface area contributed by atoms with E-state index in [9.17, 15) is 5.11 Å². The largest absolute Gasteiger partial charge is 0.489 e. The van der Waals surface area contributed by atoms with Gasteiger partial charge in [-0.05, 0) is 12.0 Å². The summed E-state index contributed by atoms with van der Waals surface area (Å²) in [5.41, 5.74) is 1.61. The molecule has 0 unspecified atom stereocenters. The minimum absolute atomic E-state index is 0.0410. The van der Waals surface area contributed by atoms with E-state index in [4.69, 9.17) is 21.1 Å². The van der Waals surface area contributed by atoms with Crippen LogP contribution in [0, 0.1) is 0 Å². The Hall–Kier alpha value is -0.930. The summed E-state index contributed by atoms with van der Waals surface area (Å²) in [5.74, 6) is 1.51. The van der Waals surface area contributed by atoms with E-state index in [0.29, 0.717) is 18.2 Å². The third kappa shape index (κ3) is 2.67. The van der Waals surface area contributed by atoms with Crippen LogP contribution in [0.4, 0.5) is 0 Å². The number of hydrogen-bond donors (Lipinski definition) is 1. The molecule has 3 nitrogen and oxygen atoms in total. The van der Waals surface area contributed by atoms with E-state index < -0.39 is 5.41 Å². The Kier molecular flexibility index (Phi) is 4.26. The molecule has 1 N–H and O–H groups in total. The molecule has 0 radical (unpaired) electrons. The van der Waals surface area contributed by atoms with Gasteiger partial charge in [-0.1, -0.05) is 32.4 Å². The predicted molar refractivity (Wildman–Crippen MR) is 76.5 cm³/mol. The molecule has 0 amide bonds. The molecule has 0 spiro atoms. The van der Waals surface area contributed by atoms with Gasteiger partial charge in [0.05, 0.1) is 19.8 Å². The van der Waals surface area contributed by atoms with Crippen LogP contribution in [-0.2, 0) is 11.8 Å². The highest BCUT2D eigenvalue weighted by Gasteiger charge is 2.30. The number of benzene rings is 1. The van der Waals surface area contributed by atoms with Crippen LogP contribution < -0.4 is 9.47 Å². The molecule has 19 heavy (non-hydrogen) atoms. The second-order valence-electron chi connectivity index (χ2n) is 5.49. The van der Waals surface area contributed by atoms with Crippen LogP contribution >= 0.6 is 11.6 Å². The lowest BCUT2D eigenvalue weighted by molar-refractivity contribution is 0.217. The van der Waals surface area contributed by atoms with E-state index >= 15 is 0 Å². The molecule has 1 aliphatic rings. The molecule has 1 aromatic carbocycles. The van der Waals surface area contributed by atoms with Crippen LogP contribution in [-0.4, -0.2) is 24.9 Å². The summed E-state index contributed by atoms with van der Waals surface area (Å²) in [6.07, 6.45) is 1.67. The zero-order chi connectivity index (χ0) is 14.0. The van der Waals surface area contributed by atoms with Gasteiger partial charge in [0, 0.05) is 28.5 Å². The van der Waals surface area contributed by atoms with Crippen molar-refractivity contribution in [2.75, 3.05) is 19.8 Å². The monoisotopic (exact) mass is 284 g/mol. The fourth-order valence-electron chi connectivity index (χ4n) is 2.49. The van der Waals surface area contributed by atoms with E-state index in [1.807, 2.05) is 19.9 Å². The molecule has 1 aromatic rings. The van der Waals surface area contributed by atoms with Gasteiger partial charge < -0.3 is 14.6 Å². The Bertz CT molecular complexity index is 469. The van der Waals surface area contributed by atoms with Crippen molar-refractivity contribution in [3.63, 3.8) is 0 Å². The first-order chi connectivity index (χ1) is 9.01. The van der Waals surface area contributed by atoms with Crippen molar-refractivity contribution in [1.82, 2.24) is 0 Å².